The van der Waals surface area contributed by atoms with Crippen molar-refractivity contribution in [3.63, 3.8) is 0 Å². The first-order valence-corrected chi connectivity index (χ1v) is 14.2. The van der Waals surface area contributed by atoms with Crippen LogP contribution in [-0.2, 0) is 6.42 Å². The smallest absolute Gasteiger partial charge is 0.193 e. The summed E-state index contributed by atoms with van der Waals surface area (Å²) in [6.07, 6.45) is 8.40. The SMILES string of the molecule is CCCCCCN=CCOc1ccc(C(=O)C2=C(c3ccc(OC(C)(C)C)cc3)CCc3ccccc32)cc1. The van der Waals surface area contributed by atoms with Crippen LogP contribution in [0.5, 0.6) is 11.5 Å². The van der Waals surface area contributed by atoms with Crippen molar-refractivity contribution < 1.29 is 14.3 Å². The number of carbonyl (C=O) groups excluding carboxylic acids is 1. The number of ketones is 1. The lowest BCUT2D eigenvalue weighted by molar-refractivity contribution is 0.105. The molecule has 0 spiro atoms. The Kier molecular flexibility index (Phi) is 9.75. The van der Waals surface area contributed by atoms with Gasteiger partial charge in [-0.25, -0.2) is 0 Å². The summed E-state index contributed by atoms with van der Waals surface area (Å²) in [6.45, 7) is 9.61. The van der Waals surface area contributed by atoms with Crippen molar-refractivity contribution >= 4 is 23.1 Å². The summed E-state index contributed by atoms with van der Waals surface area (Å²) in [5, 5.41) is 0. The van der Waals surface area contributed by atoms with E-state index in [1.54, 1.807) is 0 Å². The Balaban J connectivity index is 1.52. The second kappa shape index (κ2) is 13.4. The van der Waals surface area contributed by atoms with E-state index in [4.69, 9.17) is 9.47 Å². The monoisotopic (exact) mass is 523 g/mol. The van der Waals surface area contributed by atoms with Crippen molar-refractivity contribution in [2.75, 3.05) is 13.2 Å². The van der Waals surface area contributed by atoms with Crippen LogP contribution in [0.1, 0.15) is 86.8 Å². The summed E-state index contributed by atoms with van der Waals surface area (Å²) < 4.78 is 11.8. The molecular formula is C35H41NO3. The van der Waals surface area contributed by atoms with Crippen molar-refractivity contribution in [2.45, 2.75) is 71.8 Å². The van der Waals surface area contributed by atoms with Gasteiger partial charge in [0.05, 0.1) is 0 Å². The minimum atomic E-state index is -0.261. The highest BCUT2D eigenvalue weighted by Crippen LogP contribution is 2.39. The van der Waals surface area contributed by atoms with Gasteiger partial charge < -0.3 is 9.47 Å². The molecule has 0 amide bonds. The van der Waals surface area contributed by atoms with Crippen LogP contribution < -0.4 is 9.47 Å². The number of hydrogen-bond donors (Lipinski definition) is 0. The van der Waals surface area contributed by atoms with Gasteiger partial charge in [-0.05, 0) is 98.7 Å². The molecule has 0 N–H and O–H groups in total. The zero-order chi connectivity index (χ0) is 27.7. The van der Waals surface area contributed by atoms with Crippen molar-refractivity contribution in [1.82, 2.24) is 0 Å². The van der Waals surface area contributed by atoms with E-state index in [0.717, 1.165) is 59.6 Å². The maximum absolute atomic E-state index is 14.0. The molecule has 39 heavy (non-hydrogen) atoms. The molecular weight excluding hydrogens is 482 g/mol. The molecule has 0 heterocycles. The van der Waals surface area contributed by atoms with Gasteiger partial charge in [-0.1, -0.05) is 62.6 Å². The lowest BCUT2D eigenvalue weighted by Gasteiger charge is -2.24. The van der Waals surface area contributed by atoms with E-state index in [9.17, 15) is 4.79 Å². The molecule has 0 saturated carbocycles. The van der Waals surface area contributed by atoms with Crippen LogP contribution >= 0.6 is 0 Å². The first-order chi connectivity index (χ1) is 18.9. The Morgan fingerprint density at radius 2 is 1.59 bits per heavy atom. The zero-order valence-electron chi connectivity index (χ0n) is 23.8. The van der Waals surface area contributed by atoms with E-state index in [-0.39, 0.29) is 11.4 Å². The van der Waals surface area contributed by atoms with Crippen LogP contribution in [0.4, 0.5) is 0 Å². The summed E-state index contributed by atoms with van der Waals surface area (Å²) in [7, 11) is 0. The van der Waals surface area contributed by atoms with Crippen LogP contribution in [0.2, 0.25) is 0 Å². The molecule has 0 aliphatic heterocycles. The molecule has 0 bridgehead atoms. The normalized spacial score (nSPS) is 13.4. The van der Waals surface area contributed by atoms with Crippen LogP contribution in [-0.4, -0.2) is 30.8 Å². The summed E-state index contributed by atoms with van der Waals surface area (Å²) in [4.78, 5) is 18.4. The number of unbranched alkanes of at least 4 members (excludes halogenated alkanes) is 3. The molecule has 0 unspecified atom stereocenters. The maximum Gasteiger partial charge on any atom is 0.193 e. The third-order valence-corrected chi connectivity index (χ3v) is 6.80. The minimum absolute atomic E-state index is 0.0346. The molecule has 1 aliphatic carbocycles. The molecule has 204 valence electrons. The van der Waals surface area contributed by atoms with Crippen LogP contribution in [0.15, 0.2) is 77.8 Å². The Morgan fingerprint density at radius 1 is 0.872 bits per heavy atom. The largest absolute Gasteiger partial charge is 0.488 e. The predicted octanol–water partition coefficient (Wildman–Crippen LogP) is 8.63. The summed E-state index contributed by atoms with van der Waals surface area (Å²) in [5.74, 6) is 1.59. The van der Waals surface area contributed by atoms with Crippen molar-refractivity contribution in [3.05, 3.63) is 95.1 Å². The number of ether oxygens (including phenoxy) is 2. The number of allylic oxidation sites excluding steroid dienone is 2. The van der Waals surface area contributed by atoms with E-state index in [1.165, 1.54) is 24.8 Å². The molecule has 3 aromatic carbocycles. The van der Waals surface area contributed by atoms with Gasteiger partial charge in [0.25, 0.3) is 0 Å². The number of rotatable bonds is 12. The number of fused-ring (bicyclic) bond motifs is 1. The van der Waals surface area contributed by atoms with Gasteiger partial charge in [-0.3, -0.25) is 9.79 Å². The number of aryl methyl sites for hydroxylation is 1. The van der Waals surface area contributed by atoms with Gasteiger partial charge in [-0.15, -0.1) is 0 Å². The average Bonchev–Trinajstić information content (AvgIpc) is 2.93. The molecule has 4 nitrogen and oxygen atoms in total. The van der Waals surface area contributed by atoms with E-state index in [0.29, 0.717) is 12.2 Å². The van der Waals surface area contributed by atoms with Crippen LogP contribution in [0.25, 0.3) is 11.1 Å². The van der Waals surface area contributed by atoms with Gasteiger partial charge in [0.1, 0.15) is 23.7 Å². The molecule has 4 rings (SSSR count). The zero-order valence-corrected chi connectivity index (χ0v) is 23.8. The van der Waals surface area contributed by atoms with Crippen molar-refractivity contribution in [3.8, 4) is 11.5 Å². The second-order valence-electron chi connectivity index (χ2n) is 11.1. The molecule has 0 aromatic heterocycles. The van der Waals surface area contributed by atoms with Crippen LogP contribution in [0, 0.1) is 0 Å². The van der Waals surface area contributed by atoms with Crippen molar-refractivity contribution in [2.24, 2.45) is 4.99 Å². The van der Waals surface area contributed by atoms with Crippen LogP contribution in [0.3, 0.4) is 0 Å². The highest BCUT2D eigenvalue weighted by atomic mass is 16.5. The standard InChI is InChI=1S/C35H41NO3/c1-5-6-7-10-23-36-24-25-38-29-18-15-28(16-19-29)34(37)33-31-12-9-8-11-26(31)17-22-32(33)27-13-20-30(21-14-27)39-35(2,3)4/h8-9,11-16,18-21,24H,5-7,10,17,22-23,25H2,1-4H3. The van der Waals surface area contributed by atoms with E-state index < -0.39 is 0 Å². The van der Waals surface area contributed by atoms with E-state index >= 15 is 0 Å². The molecule has 4 heteroatoms. The Morgan fingerprint density at radius 3 is 2.31 bits per heavy atom. The lowest BCUT2D eigenvalue weighted by Crippen LogP contribution is -2.22. The summed E-state index contributed by atoms with van der Waals surface area (Å²) >= 11 is 0. The predicted molar refractivity (Wildman–Crippen MR) is 162 cm³/mol. The quantitative estimate of drug-likeness (QED) is 0.136. The topological polar surface area (TPSA) is 47.9 Å². The molecule has 0 radical (unpaired) electrons. The molecule has 0 atom stereocenters. The molecule has 1 aliphatic rings. The fourth-order valence-corrected chi connectivity index (χ4v) is 4.91. The third kappa shape index (κ3) is 7.92. The lowest BCUT2D eigenvalue weighted by atomic mass is 9.79. The van der Waals surface area contributed by atoms with Gasteiger partial charge >= 0.3 is 0 Å². The van der Waals surface area contributed by atoms with E-state index in [1.807, 2.05) is 75.5 Å². The fraction of sp³-hybridized carbons (Fsp3) is 0.371. The number of hydrogen-bond acceptors (Lipinski definition) is 4. The van der Waals surface area contributed by atoms with Gasteiger partial charge in [0.15, 0.2) is 5.78 Å². The van der Waals surface area contributed by atoms with Gasteiger partial charge in [0, 0.05) is 23.9 Å². The highest BCUT2D eigenvalue weighted by molar-refractivity contribution is 6.35. The molecule has 3 aromatic rings. The minimum Gasteiger partial charge on any atom is -0.488 e. The Labute approximate surface area is 233 Å². The summed E-state index contributed by atoms with van der Waals surface area (Å²) in [6, 6.07) is 23.9. The highest BCUT2D eigenvalue weighted by Gasteiger charge is 2.26. The van der Waals surface area contributed by atoms with Gasteiger partial charge in [-0.2, -0.15) is 0 Å². The number of nitrogens with zero attached hydrogens (tertiary/aromatic N) is 1. The molecule has 0 fully saturated rings. The Bertz CT molecular complexity index is 1290. The first kappa shape index (κ1) is 28.4. The van der Waals surface area contributed by atoms with E-state index in [2.05, 4.69) is 36.2 Å². The maximum atomic E-state index is 14.0. The number of aliphatic imine (C=N–C) groups is 1. The van der Waals surface area contributed by atoms with Crippen molar-refractivity contribution in [1.29, 1.82) is 0 Å². The fourth-order valence-electron chi connectivity index (χ4n) is 4.91. The third-order valence-electron chi connectivity index (χ3n) is 6.80. The summed E-state index contributed by atoms with van der Waals surface area (Å²) in [5.41, 5.74) is 5.55. The number of carbonyl (C=O) groups is 1. The average molecular weight is 524 g/mol. The number of Topliss-reactive ketones (excluding diaryl/α,β-unsaturated/α-hetero) is 1. The second-order valence-corrected chi connectivity index (χ2v) is 11.1. The Hall–Kier alpha value is -3.66. The van der Waals surface area contributed by atoms with Gasteiger partial charge in [0.2, 0.25) is 0 Å². The number of benzene rings is 3. The molecule has 0 saturated heterocycles. The first-order valence-electron chi connectivity index (χ1n) is 14.2.